The molecule has 33 heteroatoms. The number of nitrogens with one attached hydrogen (secondary N) is 11. The first-order chi connectivity index (χ1) is 47.3. The average molecular weight is 1400 g/mol. The number of H-pyrrole nitrogens is 1. The van der Waals surface area contributed by atoms with Gasteiger partial charge in [0.25, 0.3) is 0 Å². The fourth-order valence-corrected chi connectivity index (χ4v) is 11.2. The first-order valence-corrected chi connectivity index (χ1v) is 33.7. The summed E-state index contributed by atoms with van der Waals surface area (Å²) in [6.45, 7) is 10.1. The van der Waals surface area contributed by atoms with Crippen molar-refractivity contribution in [2.24, 2.45) is 35.0 Å². The van der Waals surface area contributed by atoms with Crippen LogP contribution in [0, 0.1) is 17.8 Å². The third-order valence-corrected chi connectivity index (χ3v) is 16.8. The highest BCUT2D eigenvalue weighted by molar-refractivity contribution is 6.00. The third-order valence-electron chi connectivity index (χ3n) is 16.8. The van der Waals surface area contributed by atoms with E-state index in [4.69, 9.17) is 17.2 Å². The van der Waals surface area contributed by atoms with Crippen LogP contribution in [0.5, 0.6) is 0 Å². The topological polar surface area (TPSA) is 537 Å². The van der Waals surface area contributed by atoms with E-state index in [-0.39, 0.29) is 70.4 Å². The van der Waals surface area contributed by atoms with Crippen molar-refractivity contribution < 1.29 is 87.5 Å². The molecule has 100 heavy (non-hydrogen) atoms. The van der Waals surface area contributed by atoms with E-state index in [1.807, 2.05) is 24.3 Å². The lowest BCUT2D eigenvalue weighted by Crippen LogP contribution is -2.61. The number of hydrogen-bond donors (Lipinski definition) is 18. The number of amides is 11. The molecule has 11 amide bonds. The van der Waals surface area contributed by atoms with Crippen LogP contribution in [0.2, 0.25) is 0 Å². The van der Waals surface area contributed by atoms with Gasteiger partial charge >= 0.3 is 17.9 Å². The molecule has 1 aromatic heterocycles. The molecule has 1 saturated heterocycles. The Morgan fingerprint density at radius 3 is 1.56 bits per heavy atom. The third kappa shape index (κ3) is 26.2. The number of carbonyl (C=O) groups excluding carboxylic acids is 11. The Morgan fingerprint density at radius 2 is 1.00 bits per heavy atom. The lowest BCUT2D eigenvalue weighted by Gasteiger charge is -2.30. The van der Waals surface area contributed by atoms with Crippen LogP contribution in [0.4, 0.5) is 0 Å². The highest BCUT2D eigenvalue weighted by atomic mass is 16.4. The molecule has 3 aromatic rings. The monoisotopic (exact) mass is 1400 g/mol. The first-order valence-electron chi connectivity index (χ1n) is 33.7. The van der Waals surface area contributed by atoms with Crippen LogP contribution in [0.25, 0.3) is 10.9 Å². The Labute approximate surface area is 579 Å². The van der Waals surface area contributed by atoms with Gasteiger partial charge in [-0.15, -0.1) is 0 Å². The lowest BCUT2D eigenvalue weighted by molar-refractivity contribution is -0.146. The summed E-state index contributed by atoms with van der Waals surface area (Å²) in [5.41, 5.74) is 20.3. The Kier molecular flexibility index (Phi) is 34.0. The summed E-state index contributed by atoms with van der Waals surface area (Å²) in [5.74, 6) is -16.6. The number of aliphatic carboxylic acids is 3. The molecule has 0 aliphatic carbocycles. The molecule has 0 unspecified atom stereocenters. The van der Waals surface area contributed by atoms with Gasteiger partial charge in [-0.1, -0.05) is 90.1 Å². The summed E-state index contributed by atoms with van der Waals surface area (Å²) in [4.78, 5) is 194. The molecule has 2 heterocycles. The van der Waals surface area contributed by atoms with E-state index in [1.54, 1.807) is 50.4 Å². The number of unbranched alkanes of at least 4 members (excludes halogenated alkanes) is 2. The van der Waals surface area contributed by atoms with Crippen LogP contribution < -0.4 is 70.4 Å². The van der Waals surface area contributed by atoms with Crippen molar-refractivity contribution in [3.05, 3.63) is 71.9 Å². The minimum Gasteiger partial charge on any atom is -0.481 e. The van der Waals surface area contributed by atoms with E-state index in [9.17, 15) is 87.5 Å². The Bertz CT molecular complexity index is 3310. The number of likely N-dealkylation sites (tertiary alicyclic amines) is 1. The molecule has 33 nitrogen and oxygen atoms in total. The van der Waals surface area contributed by atoms with Gasteiger partial charge in [0.15, 0.2) is 0 Å². The number of carbonyl (C=O) groups is 14. The van der Waals surface area contributed by atoms with Gasteiger partial charge in [-0.25, -0.2) is 4.79 Å². The quantitative estimate of drug-likeness (QED) is 0.0267. The Morgan fingerprint density at radius 1 is 0.520 bits per heavy atom. The molecule has 0 spiro atoms. The van der Waals surface area contributed by atoms with Crippen LogP contribution in [0.1, 0.15) is 130 Å². The van der Waals surface area contributed by atoms with Gasteiger partial charge in [0.05, 0.1) is 25.5 Å². The molecule has 1 aliphatic rings. The second-order valence-electron chi connectivity index (χ2n) is 26.1. The number of para-hydroxylation sites is 1. The number of aliphatic hydroxyl groups is 1. The molecule has 12 atom stereocenters. The summed E-state index contributed by atoms with van der Waals surface area (Å²) in [7, 11) is 0. The second kappa shape index (κ2) is 41.1. The number of nitrogens with two attached hydrogens (primary N) is 3. The molecular formula is C67H101N15O18. The van der Waals surface area contributed by atoms with Crippen LogP contribution in [-0.2, 0) is 80.0 Å². The maximum Gasteiger partial charge on any atom is 0.326 e. The minimum absolute atomic E-state index is 0.0111. The van der Waals surface area contributed by atoms with Gasteiger partial charge in [0, 0.05) is 30.1 Å². The number of carboxylic acid groups (broad SMARTS) is 3. The van der Waals surface area contributed by atoms with Crippen LogP contribution in [0.15, 0.2) is 60.8 Å². The summed E-state index contributed by atoms with van der Waals surface area (Å²) >= 11 is 0. The summed E-state index contributed by atoms with van der Waals surface area (Å²) in [5, 5.41) is 65.3. The predicted molar refractivity (Wildman–Crippen MR) is 364 cm³/mol. The first kappa shape index (κ1) is 82.8. The minimum atomic E-state index is -1.98. The van der Waals surface area contributed by atoms with Crippen molar-refractivity contribution >= 4 is 93.8 Å². The molecule has 4 rings (SSSR count). The maximum atomic E-state index is 14.4. The van der Waals surface area contributed by atoms with Gasteiger partial charge in [-0.2, -0.15) is 0 Å². The molecule has 2 aromatic carbocycles. The van der Waals surface area contributed by atoms with Crippen LogP contribution >= 0.6 is 0 Å². The Balaban J connectivity index is 1.48. The van der Waals surface area contributed by atoms with Gasteiger partial charge in [0.1, 0.15) is 66.5 Å². The van der Waals surface area contributed by atoms with Gasteiger partial charge in [-0.3, -0.25) is 62.3 Å². The second-order valence-corrected chi connectivity index (χ2v) is 26.1. The highest BCUT2D eigenvalue weighted by Gasteiger charge is 2.42. The summed E-state index contributed by atoms with van der Waals surface area (Å²) < 4.78 is 0. The van der Waals surface area contributed by atoms with Crippen molar-refractivity contribution in [1.82, 2.24) is 63.1 Å². The van der Waals surface area contributed by atoms with Gasteiger partial charge < -0.3 is 101 Å². The van der Waals surface area contributed by atoms with Crippen LogP contribution in [0.3, 0.4) is 0 Å². The van der Waals surface area contributed by atoms with Crippen molar-refractivity contribution in [3.8, 4) is 0 Å². The van der Waals surface area contributed by atoms with E-state index >= 15 is 0 Å². The number of rotatable bonds is 43. The summed E-state index contributed by atoms with van der Waals surface area (Å²) in [6.07, 6.45) is 1.63. The number of aromatic nitrogens is 1. The lowest BCUT2D eigenvalue weighted by atomic mass is 9.99. The zero-order valence-electron chi connectivity index (χ0n) is 57.6. The number of fused-ring (bicyclic) bond motifs is 1. The SMILES string of the molecule is CC(C)C[C@H](NC(=O)[C@H](C)NC(=O)[C@H](Cc1ccccc1)NC(=O)[C@H](CCCCN)NC(=O)[C@@H](N)Cc1c[nH]c2ccccc12)C(=O)N[C@@H](CCCCN)C(=O)N[C@H](C(=O)N[C@@H](CC(=O)O)C(=O)N[C@@H](CO)C(=O)N1CCC[C@H]1C(=O)N[C@@H](CC(=O)O)C(=O)N[C@H](C(=O)O)C(C)C)C(C)C. The standard InChI is InChI=1S/C67H101N15O18/c1-35(2)28-46(75-56(88)38(7)72-60(92)47(29-39-18-9-8-10-19-39)76-58(90)44(22-13-15-25-68)73-57(89)42(70)30-40-33-71-43-21-12-11-20-41(40)43)61(93)74-45(23-14-16-26-69)59(91)80-54(36(3)4)65(97)78-48(31-52(84)85)62(94)79-50(34-83)66(98)82-27-17-24-51(82)64(96)77-49(32-53(86)87)63(95)81-55(37(5)6)67(99)100/h8-12,18-21,33,35-38,42,44-51,54-55,71,83H,13-17,22-32,34,68-70H2,1-7H3,(H,72,92)(H,73,89)(H,74,93)(H,75,88)(H,76,90)(H,77,96)(H,78,97)(H,79,94)(H,80,91)(H,81,95)(H,84,85)(H,86,87)(H,99,100)/t38-,42-,44-,45-,46-,47-,48-,49-,50-,51-,54-,55-/m0/s1. The number of hydrogen-bond acceptors (Lipinski definition) is 18. The number of carboxylic acids is 3. The van der Waals surface area contributed by atoms with Crippen molar-refractivity contribution in [3.63, 3.8) is 0 Å². The molecule has 0 saturated carbocycles. The fourth-order valence-electron chi connectivity index (χ4n) is 11.2. The molecule has 552 valence electrons. The van der Waals surface area contributed by atoms with Crippen molar-refractivity contribution in [2.75, 3.05) is 26.2 Å². The van der Waals surface area contributed by atoms with E-state index in [0.717, 1.165) is 21.4 Å². The van der Waals surface area contributed by atoms with E-state index in [2.05, 4.69) is 58.2 Å². The number of benzene rings is 2. The molecular weight excluding hydrogens is 1300 g/mol. The van der Waals surface area contributed by atoms with Gasteiger partial charge in [-0.05, 0) is 119 Å². The zero-order valence-corrected chi connectivity index (χ0v) is 57.6. The molecule has 21 N–H and O–H groups in total. The summed E-state index contributed by atoms with van der Waals surface area (Å²) in [6, 6.07) is -1.41. The normalized spacial score (nSPS) is 16.2. The number of aliphatic hydroxyl groups excluding tert-OH is 1. The zero-order chi connectivity index (χ0) is 74.5. The van der Waals surface area contributed by atoms with E-state index in [1.165, 1.54) is 34.6 Å². The fraction of sp³-hybridized carbons (Fsp3) is 0.582. The van der Waals surface area contributed by atoms with Crippen molar-refractivity contribution in [2.45, 2.75) is 204 Å². The average Bonchev–Trinajstić information content (AvgIpc) is 1.60. The van der Waals surface area contributed by atoms with E-state index < -0.39 is 187 Å². The molecule has 1 aliphatic heterocycles. The van der Waals surface area contributed by atoms with E-state index in [0.29, 0.717) is 31.4 Å². The molecule has 1 fully saturated rings. The highest BCUT2D eigenvalue weighted by Crippen LogP contribution is 2.22. The Hall–Kier alpha value is -9.60. The smallest absolute Gasteiger partial charge is 0.326 e. The maximum absolute atomic E-state index is 14.4. The molecule has 0 radical (unpaired) electrons. The largest absolute Gasteiger partial charge is 0.481 e. The number of aromatic amines is 1. The van der Waals surface area contributed by atoms with Crippen molar-refractivity contribution in [1.29, 1.82) is 0 Å². The molecule has 0 bridgehead atoms. The number of nitrogens with zero attached hydrogens (tertiary/aromatic N) is 1. The predicted octanol–water partition coefficient (Wildman–Crippen LogP) is -2.22. The van der Waals surface area contributed by atoms with Crippen LogP contribution in [-0.4, -0.2) is 212 Å². The van der Waals surface area contributed by atoms with Gasteiger partial charge in [0.2, 0.25) is 65.0 Å².